The van der Waals surface area contributed by atoms with Crippen LogP contribution in [0.1, 0.15) is 49.0 Å². The van der Waals surface area contributed by atoms with Gasteiger partial charge in [-0.3, -0.25) is 24.8 Å². The summed E-state index contributed by atoms with van der Waals surface area (Å²) in [5.41, 5.74) is 4.89. The number of anilines is 3. The molecule has 4 heterocycles. The van der Waals surface area contributed by atoms with Gasteiger partial charge in [-0.15, -0.1) is 0 Å². The van der Waals surface area contributed by atoms with Gasteiger partial charge in [0.2, 0.25) is 0 Å². The second-order valence-electron chi connectivity index (χ2n) is 12.4. The van der Waals surface area contributed by atoms with Crippen molar-refractivity contribution in [2.24, 2.45) is 14.1 Å². The molecule has 1 aliphatic rings. The van der Waals surface area contributed by atoms with Crippen molar-refractivity contribution >= 4 is 52.8 Å². The van der Waals surface area contributed by atoms with Gasteiger partial charge in [0.25, 0.3) is 17.7 Å². The lowest BCUT2D eigenvalue weighted by Gasteiger charge is -2.34. The average molecular weight is 665 g/mol. The molecular weight excluding hydrogens is 620 g/mol. The number of aryl methyl sites for hydroxylation is 2. The zero-order valence-electron chi connectivity index (χ0n) is 28.7. The highest BCUT2D eigenvalue weighted by Crippen LogP contribution is 2.19. The molecule has 0 spiro atoms. The van der Waals surface area contributed by atoms with Crippen LogP contribution in [-0.2, 0) is 14.1 Å². The average Bonchev–Trinajstić information content (AvgIpc) is 3.64. The molecule has 0 radical (unpaired) electrons. The fraction of sp³-hybridized carbons (Fsp3) is 0.306. The molecular formula is C36H44N10O3. The van der Waals surface area contributed by atoms with E-state index in [9.17, 15) is 14.4 Å². The minimum absolute atomic E-state index is 0.286. The molecule has 0 aliphatic carbocycles. The van der Waals surface area contributed by atoms with E-state index < -0.39 is 5.91 Å². The number of pyridine rings is 1. The Morgan fingerprint density at radius 1 is 0.816 bits per heavy atom. The Morgan fingerprint density at radius 3 is 2.02 bits per heavy atom. The van der Waals surface area contributed by atoms with Gasteiger partial charge in [0.1, 0.15) is 11.4 Å². The molecule has 3 amide bonds. The van der Waals surface area contributed by atoms with Crippen LogP contribution >= 0.6 is 0 Å². The van der Waals surface area contributed by atoms with Crippen LogP contribution in [0.5, 0.6) is 0 Å². The molecule has 3 aromatic heterocycles. The lowest BCUT2D eigenvalue weighted by atomic mass is 10.1. The summed E-state index contributed by atoms with van der Waals surface area (Å²) in [4.78, 5) is 49.7. The fourth-order valence-corrected chi connectivity index (χ4v) is 5.44. The number of aromatic nitrogens is 3. The van der Waals surface area contributed by atoms with Crippen molar-refractivity contribution < 1.29 is 14.4 Å². The quantitative estimate of drug-likeness (QED) is 0.141. The van der Waals surface area contributed by atoms with Crippen LogP contribution in [0, 0.1) is 5.41 Å². The third kappa shape index (κ3) is 9.02. The third-order valence-electron chi connectivity index (χ3n) is 8.43. The highest BCUT2D eigenvalue weighted by atomic mass is 16.2. The summed E-state index contributed by atoms with van der Waals surface area (Å²) >= 11 is 0. The van der Waals surface area contributed by atoms with E-state index in [0.29, 0.717) is 47.1 Å². The van der Waals surface area contributed by atoms with Gasteiger partial charge in [0.05, 0.1) is 28.5 Å². The van der Waals surface area contributed by atoms with Gasteiger partial charge >= 0.3 is 0 Å². The number of likely N-dealkylation sites (N-methyl/N-ethyl adjacent to an activating group) is 1. The lowest BCUT2D eigenvalue weighted by molar-refractivity contribution is 0.0944. The number of carbonyl (C=O) groups is 3. The first-order valence-electron chi connectivity index (χ1n) is 16.1. The summed E-state index contributed by atoms with van der Waals surface area (Å²) in [5.74, 6) is -0.508. The second kappa shape index (κ2) is 15.5. The molecule has 1 aliphatic heterocycles. The number of nitrogens with one attached hydrogen (secondary N) is 4. The van der Waals surface area contributed by atoms with Crippen LogP contribution in [-0.4, -0.2) is 101 Å². The smallest absolute Gasteiger partial charge is 0.272 e. The summed E-state index contributed by atoms with van der Waals surface area (Å²) in [6.45, 7) is 3.82. The number of piperazine rings is 1. The van der Waals surface area contributed by atoms with Gasteiger partial charge in [0, 0.05) is 91.6 Å². The minimum Gasteiger partial charge on any atom is -0.378 e. The van der Waals surface area contributed by atoms with E-state index >= 15 is 0 Å². The van der Waals surface area contributed by atoms with Gasteiger partial charge in [-0.05, 0) is 55.1 Å². The molecule has 256 valence electrons. The molecule has 0 bridgehead atoms. The van der Waals surface area contributed by atoms with Gasteiger partial charge < -0.3 is 39.8 Å². The number of amides is 3. The molecule has 49 heavy (non-hydrogen) atoms. The number of amidine groups is 1. The molecule has 1 saturated heterocycles. The third-order valence-corrected chi connectivity index (χ3v) is 8.43. The first-order valence-corrected chi connectivity index (χ1v) is 16.1. The van der Waals surface area contributed by atoms with E-state index in [4.69, 9.17) is 5.41 Å². The molecule has 13 nitrogen and oxygen atoms in total. The van der Waals surface area contributed by atoms with E-state index in [1.807, 2.05) is 60.3 Å². The second-order valence-corrected chi connectivity index (χ2v) is 12.4. The maximum absolute atomic E-state index is 13.2. The lowest BCUT2D eigenvalue weighted by Crippen LogP contribution is -2.47. The summed E-state index contributed by atoms with van der Waals surface area (Å²) in [6, 6.07) is 14.8. The van der Waals surface area contributed by atoms with Crippen LogP contribution < -0.4 is 20.9 Å². The maximum Gasteiger partial charge on any atom is 0.272 e. The summed E-state index contributed by atoms with van der Waals surface area (Å²) in [6.07, 6.45) is 9.14. The number of hydrogen-bond donors (Lipinski definition) is 4. The van der Waals surface area contributed by atoms with Crippen molar-refractivity contribution in [2.75, 3.05) is 69.4 Å². The van der Waals surface area contributed by atoms with Crippen molar-refractivity contribution in [1.82, 2.24) is 29.2 Å². The van der Waals surface area contributed by atoms with Crippen LogP contribution in [0.4, 0.5) is 17.1 Å². The zero-order valence-corrected chi connectivity index (χ0v) is 28.7. The van der Waals surface area contributed by atoms with E-state index in [-0.39, 0.29) is 11.8 Å². The van der Waals surface area contributed by atoms with Gasteiger partial charge in [0.15, 0.2) is 0 Å². The fourth-order valence-electron chi connectivity index (χ4n) is 5.44. The molecule has 1 aromatic carbocycles. The van der Waals surface area contributed by atoms with E-state index in [2.05, 4.69) is 32.9 Å². The monoisotopic (exact) mass is 664 g/mol. The van der Waals surface area contributed by atoms with E-state index in [1.165, 1.54) is 6.20 Å². The topological polar surface area (TPSA) is 144 Å². The van der Waals surface area contributed by atoms with Crippen LogP contribution in [0.15, 0.2) is 67.1 Å². The van der Waals surface area contributed by atoms with Crippen molar-refractivity contribution in [3.8, 4) is 0 Å². The predicted molar refractivity (Wildman–Crippen MR) is 194 cm³/mol. The van der Waals surface area contributed by atoms with Gasteiger partial charge in [-0.25, -0.2) is 0 Å². The van der Waals surface area contributed by atoms with Crippen LogP contribution in [0.3, 0.4) is 0 Å². The molecule has 0 atom stereocenters. The van der Waals surface area contributed by atoms with Gasteiger partial charge in [-0.1, -0.05) is 18.2 Å². The molecule has 0 unspecified atom stereocenters. The molecule has 0 saturated carbocycles. The standard InChI is InChI=1S/C36H44N10O3/c1-42(2)30-12-7-25(8-13-30)6-10-27-11-9-26(22-39-27)34(47)40-28-21-32(45(5)23-28)36(49)41-29-20-31(44(4)24-29)35(48)38-15-14-33(37)46-18-16-43(3)17-19-46/h6-13,20-24,37H,14-19H2,1-5H3,(H,38,48)(H,40,47)(H,41,49)/b10-6+,37-33?. The molecule has 4 N–H and O–H groups in total. The van der Waals surface area contributed by atoms with Crippen LogP contribution in [0.25, 0.3) is 12.2 Å². The van der Waals surface area contributed by atoms with Crippen molar-refractivity contribution in [3.05, 3.63) is 95.3 Å². The Labute approximate surface area is 286 Å². The number of nitrogens with zero attached hydrogens (tertiary/aromatic N) is 6. The number of benzene rings is 1. The van der Waals surface area contributed by atoms with Gasteiger partial charge in [-0.2, -0.15) is 0 Å². The Kier molecular flexibility index (Phi) is 10.9. The minimum atomic E-state index is -0.393. The van der Waals surface area contributed by atoms with Crippen LogP contribution in [0.2, 0.25) is 0 Å². The molecule has 13 heteroatoms. The van der Waals surface area contributed by atoms with Crippen molar-refractivity contribution in [1.29, 1.82) is 5.41 Å². The largest absolute Gasteiger partial charge is 0.378 e. The highest BCUT2D eigenvalue weighted by Gasteiger charge is 2.19. The first kappa shape index (κ1) is 34.6. The first-order chi connectivity index (χ1) is 23.5. The Balaban J connectivity index is 1.12. The normalized spacial score (nSPS) is 13.4. The molecule has 1 fully saturated rings. The summed E-state index contributed by atoms with van der Waals surface area (Å²) in [5, 5.41) is 16.9. The van der Waals surface area contributed by atoms with E-state index in [0.717, 1.165) is 43.1 Å². The Bertz CT molecular complexity index is 1830. The molecule has 5 rings (SSSR count). The highest BCUT2D eigenvalue weighted by molar-refractivity contribution is 6.07. The predicted octanol–water partition coefficient (Wildman–Crippen LogP) is 3.84. The van der Waals surface area contributed by atoms with Crippen molar-refractivity contribution in [3.63, 3.8) is 0 Å². The molecule has 4 aromatic rings. The number of carbonyl (C=O) groups excluding carboxylic acids is 3. The number of hydrogen-bond acceptors (Lipinski definition) is 7. The number of rotatable bonds is 11. The zero-order chi connectivity index (χ0) is 35.1. The summed E-state index contributed by atoms with van der Waals surface area (Å²) < 4.78 is 3.26. The Hall–Kier alpha value is -5.69. The summed E-state index contributed by atoms with van der Waals surface area (Å²) in [7, 11) is 9.51. The van der Waals surface area contributed by atoms with E-state index in [1.54, 1.807) is 59.9 Å². The maximum atomic E-state index is 13.2. The Morgan fingerprint density at radius 2 is 1.43 bits per heavy atom. The van der Waals surface area contributed by atoms with Crippen molar-refractivity contribution in [2.45, 2.75) is 6.42 Å². The SMILES string of the molecule is CN1CCN(C(=N)CCNC(=O)c2cc(NC(=O)c3cc(NC(=O)c4ccc(/C=C/c5ccc(N(C)C)cc5)nc4)cn3C)cn2C)CC1.